The molecule has 0 atom stereocenters. The summed E-state index contributed by atoms with van der Waals surface area (Å²) in [7, 11) is 0. The fourth-order valence-electron chi connectivity index (χ4n) is 6.11. The van der Waals surface area contributed by atoms with Gasteiger partial charge in [-0.1, -0.05) is 120 Å². The molecular formula is C41H31N5. The van der Waals surface area contributed by atoms with Crippen molar-refractivity contribution in [2.75, 3.05) is 4.90 Å². The molecule has 0 unspecified atom stereocenters. The Hall–Kier alpha value is -6.07. The second-order valence-electron chi connectivity index (χ2n) is 11.5. The van der Waals surface area contributed by atoms with Crippen molar-refractivity contribution >= 4 is 38.9 Å². The molecule has 0 radical (unpaired) electrons. The van der Waals surface area contributed by atoms with Gasteiger partial charge in [0.05, 0.1) is 16.7 Å². The minimum Gasteiger partial charge on any atom is -0.310 e. The smallest absolute Gasteiger partial charge is 0.238 e. The van der Waals surface area contributed by atoms with Crippen LogP contribution in [-0.4, -0.2) is 19.5 Å². The number of rotatable bonds is 6. The molecule has 0 spiro atoms. The molecule has 0 saturated heterocycles. The minimum absolute atomic E-state index is 0.577. The van der Waals surface area contributed by atoms with Crippen LogP contribution < -0.4 is 4.90 Å². The number of nitrogens with zero attached hydrogens (tertiary/aromatic N) is 5. The van der Waals surface area contributed by atoms with Crippen molar-refractivity contribution in [3.8, 4) is 28.7 Å². The lowest BCUT2D eigenvalue weighted by molar-refractivity contribution is 0.953. The summed E-state index contributed by atoms with van der Waals surface area (Å²) < 4.78 is 2.18. The number of hydrogen-bond acceptors (Lipinski definition) is 4. The maximum atomic E-state index is 5.11. The average Bonchev–Trinajstić information content (AvgIpc) is 3.46. The lowest BCUT2D eigenvalue weighted by Crippen LogP contribution is -2.10. The van der Waals surface area contributed by atoms with E-state index in [4.69, 9.17) is 15.0 Å². The second-order valence-corrected chi connectivity index (χ2v) is 11.5. The van der Waals surface area contributed by atoms with Gasteiger partial charge in [0.15, 0.2) is 11.6 Å². The van der Waals surface area contributed by atoms with E-state index < -0.39 is 0 Å². The van der Waals surface area contributed by atoms with E-state index in [1.54, 1.807) is 0 Å². The zero-order chi connectivity index (χ0) is 31.0. The third-order valence-electron chi connectivity index (χ3n) is 8.39. The van der Waals surface area contributed by atoms with Crippen molar-refractivity contribution in [3.05, 3.63) is 163 Å². The topological polar surface area (TPSA) is 46.8 Å². The fourth-order valence-corrected chi connectivity index (χ4v) is 6.11. The monoisotopic (exact) mass is 593 g/mol. The molecule has 2 heterocycles. The Kier molecular flexibility index (Phi) is 6.84. The van der Waals surface area contributed by atoms with Gasteiger partial charge in [-0.25, -0.2) is 4.98 Å². The summed E-state index contributed by atoms with van der Waals surface area (Å²) in [6.07, 6.45) is 0. The van der Waals surface area contributed by atoms with Crippen LogP contribution in [0.2, 0.25) is 0 Å². The van der Waals surface area contributed by atoms with Crippen LogP contribution in [0.1, 0.15) is 11.1 Å². The van der Waals surface area contributed by atoms with Gasteiger partial charge in [-0.05, 0) is 56.3 Å². The van der Waals surface area contributed by atoms with Crippen molar-refractivity contribution < 1.29 is 0 Å². The van der Waals surface area contributed by atoms with Gasteiger partial charge in [0, 0.05) is 33.3 Å². The number of fused-ring (bicyclic) bond motifs is 3. The van der Waals surface area contributed by atoms with Crippen LogP contribution in [0.25, 0.3) is 50.5 Å². The van der Waals surface area contributed by atoms with E-state index in [9.17, 15) is 0 Å². The summed E-state index contributed by atoms with van der Waals surface area (Å²) in [6.45, 7) is 4.24. The standard InChI is InChI=1S/C41H31N5/c1-28-20-24-32(25-21-28)45(33-26-22-29(2)23-27-33)36-18-11-19-37-38(36)34-16-9-10-17-35(34)46(37)41-43-39(30-12-5-3-6-13-30)42-40(44-41)31-14-7-4-8-15-31/h3-27H,1-2H3. The number of benzene rings is 6. The molecule has 8 rings (SSSR count). The summed E-state index contributed by atoms with van der Waals surface area (Å²) in [6, 6.07) is 52.7. The summed E-state index contributed by atoms with van der Waals surface area (Å²) >= 11 is 0. The van der Waals surface area contributed by atoms with Gasteiger partial charge in [0.25, 0.3) is 0 Å². The predicted molar refractivity (Wildman–Crippen MR) is 189 cm³/mol. The van der Waals surface area contributed by atoms with E-state index in [1.807, 2.05) is 60.7 Å². The van der Waals surface area contributed by atoms with Crippen molar-refractivity contribution in [2.45, 2.75) is 13.8 Å². The lowest BCUT2D eigenvalue weighted by Gasteiger charge is -2.26. The number of aryl methyl sites for hydroxylation is 2. The molecule has 5 heteroatoms. The highest BCUT2D eigenvalue weighted by atomic mass is 15.2. The molecule has 220 valence electrons. The highest BCUT2D eigenvalue weighted by Crippen LogP contribution is 2.43. The molecule has 6 aromatic carbocycles. The Morgan fingerprint density at radius 2 is 0.957 bits per heavy atom. The fraction of sp³-hybridized carbons (Fsp3) is 0.0488. The highest BCUT2D eigenvalue weighted by Gasteiger charge is 2.22. The van der Waals surface area contributed by atoms with E-state index in [-0.39, 0.29) is 0 Å². The van der Waals surface area contributed by atoms with Crippen molar-refractivity contribution in [1.82, 2.24) is 19.5 Å². The summed E-state index contributed by atoms with van der Waals surface area (Å²) in [5.74, 6) is 1.84. The summed E-state index contributed by atoms with van der Waals surface area (Å²) in [5, 5.41) is 2.25. The largest absolute Gasteiger partial charge is 0.310 e. The van der Waals surface area contributed by atoms with Gasteiger partial charge in [0.1, 0.15) is 0 Å². The van der Waals surface area contributed by atoms with Crippen LogP contribution >= 0.6 is 0 Å². The van der Waals surface area contributed by atoms with Crippen LogP contribution in [0.4, 0.5) is 17.1 Å². The maximum absolute atomic E-state index is 5.11. The molecule has 46 heavy (non-hydrogen) atoms. The van der Waals surface area contributed by atoms with Crippen molar-refractivity contribution in [2.24, 2.45) is 0 Å². The van der Waals surface area contributed by atoms with Crippen LogP contribution in [0.15, 0.2) is 152 Å². The van der Waals surface area contributed by atoms with Gasteiger partial charge >= 0.3 is 0 Å². The molecule has 5 nitrogen and oxygen atoms in total. The number of anilines is 3. The van der Waals surface area contributed by atoms with Gasteiger partial charge in [-0.2, -0.15) is 9.97 Å². The molecule has 0 aliphatic carbocycles. The summed E-state index contributed by atoms with van der Waals surface area (Å²) in [5.41, 5.74) is 9.65. The Labute approximate surface area is 268 Å². The van der Waals surface area contributed by atoms with Gasteiger partial charge in [-0.3, -0.25) is 4.57 Å². The minimum atomic E-state index is 0.577. The number of para-hydroxylation sites is 1. The van der Waals surface area contributed by atoms with E-state index in [0.717, 1.165) is 50.0 Å². The predicted octanol–water partition coefficient (Wildman–Crippen LogP) is 10.4. The van der Waals surface area contributed by atoms with Gasteiger partial charge in [-0.15, -0.1) is 0 Å². The lowest BCUT2D eigenvalue weighted by atomic mass is 10.1. The van der Waals surface area contributed by atoms with Crippen LogP contribution in [0, 0.1) is 13.8 Å². The normalized spacial score (nSPS) is 11.3. The first-order chi connectivity index (χ1) is 22.6. The Morgan fingerprint density at radius 3 is 1.52 bits per heavy atom. The first-order valence-electron chi connectivity index (χ1n) is 15.5. The molecule has 2 aromatic heterocycles. The van der Waals surface area contributed by atoms with Gasteiger partial charge < -0.3 is 4.90 Å². The SMILES string of the molecule is Cc1ccc(N(c2ccc(C)cc2)c2cccc3c2c2ccccc2n3-c2nc(-c3ccccc3)nc(-c3ccccc3)n2)cc1. The zero-order valence-corrected chi connectivity index (χ0v) is 25.7. The van der Waals surface area contributed by atoms with Gasteiger partial charge in [0.2, 0.25) is 5.95 Å². The van der Waals surface area contributed by atoms with Crippen molar-refractivity contribution in [1.29, 1.82) is 0 Å². The zero-order valence-electron chi connectivity index (χ0n) is 25.7. The molecule has 0 saturated carbocycles. The van der Waals surface area contributed by atoms with E-state index >= 15 is 0 Å². The number of hydrogen-bond donors (Lipinski definition) is 0. The molecule has 0 aliphatic heterocycles. The van der Waals surface area contributed by atoms with Crippen LogP contribution in [0.5, 0.6) is 0 Å². The van der Waals surface area contributed by atoms with E-state index in [1.165, 1.54) is 11.1 Å². The van der Waals surface area contributed by atoms with Crippen molar-refractivity contribution in [3.63, 3.8) is 0 Å². The maximum Gasteiger partial charge on any atom is 0.238 e. The molecule has 0 fully saturated rings. The number of aromatic nitrogens is 4. The Balaban J connectivity index is 1.43. The Morgan fingerprint density at radius 1 is 0.457 bits per heavy atom. The highest BCUT2D eigenvalue weighted by molar-refractivity contribution is 6.16. The second kappa shape index (κ2) is 11.5. The first kappa shape index (κ1) is 27.5. The van der Waals surface area contributed by atoms with Crippen LogP contribution in [-0.2, 0) is 0 Å². The first-order valence-corrected chi connectivity index (χ1v) is 15.5. The molecule has 0 amide bonds. The molecule has 0 N–H and O–H groups in total. The molecule has 0 aliphatic rings. The van der Waals surface area contributed by atoms with E-state index in [2.05, 4.69) is 114 Å². The van der Waals surface area contributed by atoms with E-state index in [0.29, 0.717) is 17.6 Å². The average molecular weight is 594 g/mol. The molecule has 0 bridgehead atoms. The quantitative estimate of drug-likeness (QED) is 0.192. The summed E-state index contributed by atoms with van der Waals surface area (Å²) in [4.78, 5) is 17.5. The molecular weight excluding hydrogens is 562 g/mol. The van der Waals surface area contributed by atoms with Crippen LogP contribution in [0.3, 0.4) is 0 Å². The Bertz CT molecular complexity index is 2200. The molecule has 8 aromatic rings. The third-order valence-corrected chi connectivity index (χ3v) is 8.39. The third kappa shape index (κ3) is 4.88.